The number of hydrogen-bond donors (Lipinski definition) is 1. The number of carbonyl (C=O) groups is 1. The summed E-state index contributed by atoms with van der Waals surface area (Å²) in [5.74, 6) is 0.0950. The fourth-order valence-corrected chi connectivity index (χ4v) is 2.49. The molecule has 0 saturated carbocycles. The van der Waals surface area contributed by atoms with E-state index in [4.69, 9.17) is 0 Å². The van der Waals surface area contributed by atoms with Crippen LogP contribution in [0.25, 0.3) is 0 Å². The highest BCUT2D eigenvalue weighted by atomic mass is 32.1. The molecule has 19 heavy (non-hydrogen) atoms. The Morgan fingerprint density at radius 3 is 2.63 bits per heavy atom. The van der Waals surface area contributed by atoms with E-state index in [2.05, 4.69) is 17.6 Å². The van der Waals surface area contributed by atoms with Crippen molar-refractivity contribution in [3.63, 3.8) is 0 Å². The second-order valence-electron chi connectivity index (χ2n) is 4.45. The number of thiol groups is 1. The van der Waals surface area contributed by atoms with E-state index in [1.165, 1.54) is 0 Å². The van der Waals surface area contributed by atoms with Crippen LogP contribution in [0.5, 0.6) is 0 Å². The van der Waals surface area contributed by atoms with Crippen molar-refractivity contribution in [1.29, 1.82) is 0 Å². The van der Waals surface area contributed by atoms with E-state index < -0.39 is 0 Å². The standard InChI is InChI=1S/C14H16N2OS2/c1-10-15-12(9-19-10)8-16(2)14(17)7-11-3-5-13(18)6-4-11/h3-6,9,18H,7-8H2,1-2H3. The van der Waals surface area contributed by atoms with Crippen LogP contribution in [0.2, 0.25) is 0 Å². The number of hydrogen-bond acceptors (Lipinski definition) is 4. The fraction of sp³-hybridized carbons (Fsp3) is 0.286. The highest BCUT2D eigenvalue weighted by Gasteiger charge is 2.11. The predicted octanol–water partition coefficient (Wildman–Crippen LogP) is 2.94. The molecular formula is C14H16N2OS2. The summed E-state index contributed by atoms with van der Waals surface area (Å²) in [6, 6.07) is 7.66. The van der Waals surface area contributed by atoms with E-state index in [0.29, 0.717) is 13.0 Å². The topological polar surface area (TPSA) is 33.2 Å². The first-order valence-corrected chi connectivity index (χ1v) is 7.30. The Hall–Kier alpha value is -1.33. The monoisotopic (exact) mass is 292 g/mol. The van der Waals surface area contributed by atoms with Gasteiger partial charge in [0, 0.05) is 17.3 Å². The maximum atomic E-state index is 12.1. The SMILES string of the molecule is Cc1nc(CN(C)C(=O)Cc2ccc(S)cc2)cs1. The van der Waals surface area contributed by atoms with Gasteiger partial charge in [-0.05, 0) is 24.6 Å². The summed E-state index contributed by atoms with van der Waals surface area (Å²) >= 11 is 5.84. The molecule has 0 aliphatic heterocycles. The summed E-state index contributed by atoms with van der Waals surface area (Å²) in [5.41, 5.74) is 1.95. The molecule has 1 heterocycles. The molecule has 5 heteroatoms. The lowest BCUT2D eigenvalue weighted by Gasteiger charge is -2.15. The Morgan fingerprint density at radius 1 is 1.37 bits per heavy atom. The minimum Gasteiger partial charge on any atom is -0.340 e. The summed E-state index contributed by atoms with van der Waals surface area (Å²) < 4.78 is 0. The average molecular weight is 292 g/mol. The molecule has 0 spiro atoms. The molecule has 2 rings (SSSR count). The number of rotatable bonds is 4. The number of carbonyl (C=O) groups excluding carboxylic acids is 1. The molecule has 0 aliphatic carbocycles. The molecule has 0 saturated heterocycles. The van der Waals surface area contributed by atoms with Crippen LogP contribution >= 0.6 is 24.0 Å². The lowest BCUT2D eigenvalue weighted by atomic mass is 10.1. The molecule has 100 valence electrons. The quantitative estimate of drug-likeness (QED) is 0.879. The Balaban J connectivity index is 1.94. The third kappa shape index (κ3) is 4.08. The third-order valence-corrected chi connectivity index (χ3v) is 3.90. The number of aryl methyl sites for hydroxylation is 1. The third-order valence-electron chi connectivity index (χ3n) is 2.78. The van der Waals surface area contributed by atoms with Gasteiger partial charge >= 0.3 is 0 Å². The smallest absolute Gasteiger partial charge is 0.227 e. The molecule has 1 aromatic carbocycles. The first-order valence-electron chi connectivity index (χ1n) is 5.97. The molecule has 0 atom stereocenters. The second-order valence-corrected chi connectivity index (χ2v) is 6.03. The van der Waals surface area contributed by atoms with E-state index in [-0.39, 0.29) is 5.91 Å². The molecule has 0 N–H and O–H groups in total. The lowest BCUT2D eigenvalue weighted by molar-refractivity contribution is -0.129. The Morgan fingerprint density at radius 2 is 2.05 bits per heavy atom. The number of nitrogens with zero attached hydrogens (tertiary/aromatic N) is 2. The van der Waals surface area contributed by atoms with Gasteiger partial charge in [0.15, 0.2) is 0 Å². The van der Waals surface area contributed by atoms with Crippen molar-refractivity contribution in [1.82, 2.24) is 9.88 Å². The van der Waals surface area contributed by atoms with Gasteiger partial charge in [-0.15, -0.1) is 24.0 Å². The zero-order valence-corrected chi connectivity index (χ0v) is 12.7. The molecule has 0 bridgehead atoms. The van der Waals surface area contributed by atoms with Crippen LogP contribution in [0.1, 0.15) is 16.3 Å². The minimum absolute atomic E-state index is 0.0950. The van der Waals surface area contributed by atoms with Crippen molar-refractivity contribution in [2.75, 3.05) is 7.05 Å². The van der Waals surface area contributed by atoms with Gasteiger partial charge in [0.05, 0.1) is 23.7 Å². The minimum atomic E-state index is 0.0950. The van der Waals surface area contributed by atoms with E-state index in [0.717, 1.165) is 21.2 Å². The average Bonchev–Trinajstić information content (AvgIpc) is 2.77. The first-order chi connectivity index (χ1) is 9.04. The number of likely N-dealkylation sites (N-methyl/N-ethyl adjacent to an activating group) is 1. The van der Waals surface area contributed by atoms with Crippen LogP contribution in [0.4, 0.5) is 0 Å². The summed E-state index contributed by atoms with van der Waals surface area (Å²) in [4.78, 5) is 19.1. The summed E-state index contributed by atoms with van der Waals surface area (Å²) in [5, 5.41) is 3.02. The van der Waals surface area contributed by atoms with Crippen molar-refractivity contribution in [2.45, 2.75) is 24.8 Å². The van der Waals surface area contributed by atoms with Gasteiger partial charge in [-0.2, -0.15) is 0 Å². The van der Waals surface area contributed by atoms with Crippen molar-refractivity contribution < 1.29 is 4.79 Å². The van der Waals surface area contributed by atoms with Crippen LogP contribution in [-0.4, -0.2) is 22.8 Å². The zero-order chi connectivity index (χ0) is 13.8. The largest absolute Gasteiger partial charge is 0.340 e. The molecular weight excluding hydrogens is 276 g/mol. The number of benzene rings is 1. The van der Waals surface area contributed by atoms with Gasteiger partial charge in [0.1, 0.15) is 0 Å². The van der Waals surface area contributed by atoms with Gasteiger partial charge in [0.2, 0.25) is 5.91 Å². The summed E-state index contributed by atoms with van der Waals surface area (Å²) in [6.45, 7) is 2.53. The molecule has 2 aromatic rings. The van der Waals surface area contributed by atoms with E-state index in [9.17, 15) is 4.79 Å². The van der Waals surface area contributed by atoms with Crippen LogP contribution in [0.3, 0.4) is 0 Å². The van der Waals surface area contributed by atoms with Gasteiger partial charge in [-0.3, -0.25) is 4.79 Å². The van der Waals surface area contributed by atoms with Crippen LogP contribution < -0.4 is 0 Å². The number of amides is 1. The molecule has 1 aromatic heterocycles. The molecule has 0 unspecified atom stereocenters. The van der Waals surface area contributed by atoms with Gasteiger partial charge in [-0.1, -0.05) is 12.1 Å². The normalized spacial score (nSPS) is 10.5. The molecule has 3 nitrogen and oxygen atoms in total. The lowest BCUT2D eigenvalue weighted by Crippen LogP contribution is -2.27. The van der Waals surface area contributed by atoms with E-state index in [1.54, 1.807) is 16.2 Å². The Labute approximate surface area is 122 Å². The van der Waals surface area contributed by atoms with Gasteiger partial charge in [-0.25, -0.2) is 4.98 Å². The van der Waals surface area contributed by atoms with Crippen molar-refractivity contribution in [3.8, 4) is 0 Å². The molecule has 0 fully saturated rings. The summed E-state index contributed by atoms with van der Waals surface area (Å²) in [7, 11) is 1.81. The van der Waals surface area contributed by atoms with Gasteiger partial charge < -0.3 is 4.90 Å². The van der Waals surface area contributed by atoms with Crippen molar-refractivity contribution >= 4 is 29.9 Å². The fourth-order valence-electron chi connectivity index (χ4n) is 1.74. The van der Waals surface area contributed by atoms with Crippen LogP contribution in [-0.2, 0) is 17.8 Å². The van der Waals surface area contributed by atoms with Crippen molar-refractivity contribution in [3.05, 3.63) is 45.9 Å². The Bertz CT molecular complexity index is 563. The maximum Gasteiger partial charge on any atom is 0.227 e. The predicted molar refractivity (Wildman–Crippen MR) is 80.7 cm³/mol. The highest BCUT2D eigenvalue weighted by molar-refractivity contribution is 7.80. The highest BCUT2D eigenvalue weighted by Crippen LogP contribution is 2.12. The van der Waals surface area contributed by atoms with Crippen LogP contribution in [0.15, 0.2) is 34.5 Å². The molecule has 1 amide bonds. The number of thiazole rings is 1. The molecule has 0 radical (unpaired) electrons. The van der Waals surface area contributed by atoms with E-state index in [1.807, 2.05) is 43.6 Å². The van der Waals surface area contributed by atoms with Gasteiger partial charge in [0.25, 0.3) is 0 Å². The van der Waals surface area contributed by atoms with Crippen molar-refractivity contribution in [2.24, 2.45) is 0 Å². The maximum absolute atomic E-state index is 12.1. The molecule has 0 aliphatic rings. The Kier molecular flexibility index (Phi) is 4.61. The second kappa shape index (κ2) is 6.21. The van der Waals surface area contributed by atoms with Crippen LogP contribution in [0, 0.1) is 6.92 Å². The van der Waals surface area contributed by atoms with E-state index >= 15 is 0 Å². The number of aromatic nitrogens is 1. The zero-order valence-electron chi connectivity index (χ0n) is 11.0. The summed E-state index contributed by atoms with van der Waals surface area (Å²) in [6.07, 6.45) is 0.410. The first kappa shape index (κ1) is 14.1.